The summed E-state index contributed by atoms with van der Waals surface area (Å²) < 4.78 is 5.75. The second kappa shape index (κ2) is 6.43. The quantitative estimate of drug-likeness (QED) is 0.887. The van der Waals surface area contributed by atoms with Crippen molar-refractivity contribution in [2.45, 2.75) is 6.04 Å². The minimum atomic E-state index is 0.171. The molecule has 0 aliphatic heterocycles. The number of likely N-dealkylation sites (N-methyl/N-ethyl adjacent to an activating group) is 1. The van der Waals surface area contributed by atoms with E-state index in [1.807, 2.05) is 49.5 Å². The highest BCUT2D eigenvalue weighted by molar-refractivity contribution is 6.30. The maximum atomic E-state index is 5.92. The first-order valence-electron chi connectivity index (χ1n) is 5.90. The van der Waals surface area contributed by atoms with Crippen LogP contribution in [0.5, 0.6) is 5.75 Å². The molecule has 0 fully saturated rings. The Morgan fingerprint density at radius 3 is 2.56 bits per heavy atom. The molecule has 0 bridgehead atoms. The Bertz CT molecular complexity index is 487. The monoisotopic (exact) mass is 261 g/mol. The third kappa shape index (κ3) is 3.49. The first kappa shape index (κ1) is 12.9. The molecule has 2 rings (SSSR count). The largest absolute Gasteiger partial charge is 0.492 e. The van der Waals surface area contributed by atoms with Gasteiger partial charge in [0.05, 0.1) is 6.04 Å². The zero-order valence-electron chi connectivity index (χ0n) is 10.3. The number of benzene rings is 2. The fourth-order valence-electron chi connectivity index (χ4n) is 1.77. The van der Waals surface area contributed by atoms with E-state index in [-0.39, 0.29) is 6.04 Å². The van der Waals surface area contributed by atoms with Crippen LogP contribution in [-0.4, -0.2) is 13.7 Å². The summed E-state index contributed by atoms with van der Waals surface area (Å²) in [5, 5.41) is 3.93. The minimum Gasteiger partial charge on any atom is -0.492 e. The van der Waals surface area contributed by atoms with Crippen LogP contribution in [0.3, 0.4) is 0 Å². The normalized spacial score (nSPS) is 12.1. The van der Waals surface area contributed by atoms with E-state index in [1.165, 1.54) is 5.56 Å². The fraction of sp³-hybridized carbons (Fsp3) is 0.200. The van der Waals surface area contributed by atoms with Crippen molar-refractivity contribution >= 4 is 11.6 Å². The smallest absolute Gasteiger partial charge is 0.120 e. The van der Waals surface area contributed by atoms with Crippen molar-refractivity contribution in [2.24, 2.45) is 0 Å². The summed E-state index contributed by atoms with van der Waals surface area (Å²) in [7, 11) is 1.93. The second-order valence-electron chi connectivity index (χ2n) is 4.02. The summed E-state index contributed by atoms with van der Waals surface area (Å²) in [6.07, 6.45) is 0. The van der Waals surface area contributed by atoms with Crippen molar-refractivity contribution in [2.75, 3.05) is 13.7 Å². The van der Waals surface area contributed by atoms with E-state index < -0.39 is 0 Å². The molecule has 2 aromatic rings. The van der Waals surface area contributed by atoms with Crippen molar-refractivity contribution < 1.29 is 4.74 Å². The molecule has 0 spiro atoms. The van der Waals surface area contributed by atoms with Crippen LogP contribution in [0.2, 0.25) is 5.02 Å². The van der Waals surface area contributed by atoms with Gasteiger partial charge in [0.15, 0.2) is 0 Å². The van der Waals surface area contributed by atoms with Gasteiger partial charge in [-0.25, -0.2) is 0 Å². The summed E-state index contributed by atoms with van der Waals surface area (Å²) in [5.74, 6) is 0.790. The van der Waals surface area contributed by atoms with Crippen LogP contribution in [0.15, 0.2) is 54.6 Å². The molecule has 1 unspecified atom stereocenters. The second-order valence-corrected chi connectivity index (χ2v) is 4.46. The van der Waals surface area contributed by atoms with Crippen molar-refractivity contribution in [1.82, 2.24) is 5.32 Å². The molecule has 0 aromatic heterocycles. The maximum Gasteiger partial charge on any atom is 0.120 e. The Morgan fingerprint density at radius 1 is 1.11 bits per heavy atom. The predicted octanol–water partition coefficient (Wildman–Crippen LogP) is 3.68. The zero-order valence-corrected chi connectivity index (χ0v) is 11.0. The third-order valence-corrected chi connectivity index (χ3v) is 3.00. The van der Waals surface area contributed by atoms with Gasteiger partial charge in [-0.05, 0) is 30.8 Å². The number of nitrogens with one attached hydrogen (secondary N) is 1. The molecule has 3 heteroatoms. The van der Waals surface area contributed by atoms with Gasteiger partial charge in [-0.2, -0.15) is 0 Å². The van der Waals surface area contributed by atoms with Gasteiger partial charge in [0, 0.05) is 5.02 Å². The van der Waals surface area contributed by atoms with Crippen LogP contribution >= 0.6 is 11.6 Å². The molecule has 1 atom stereocenters. The fourth-order valence-corrected chi connectivity index (χ4v) is 1.95. The molecule has 0 radical (unpaired) electrons. The average Bonchev–Trinajstić information content (AvgIpc) is 2.41. The summed E-state index contributed by atoms with van der Waals surface area (Å²) in [6.45, 7) is 0.570. The van der Waals surface area contributed by atoms with Gasteiger partial charge in [-0.1, -0.05) is 48.0 Å². The highest BCUT2D eigenvalue weighted by atomic mass is 35.5. The Hall–Kier alpha value is -1.51. The first-order chi connectivity index (χ1) is 8.79. The van der Waals surface area contributed by atoms with Gasteiger partial charge in [0.25, 0.3) is 0 Å². The van der Waals surface area contributed by atoms with Gasteiger partial charge >= 0.3 is 0 Å². The third-order valence-electron chi connectivity index (χ3n) is 2.76. The maximum absolute atomic E-state index is 5.92. The summed E-state index contributed by atoms with van der Waals surface area (Å²) in [4.78, 5) is 0. The van der Waals surface area contributed by atoms with Crippen LogP contribution in [0.1, 0.15) is 11.6 Å². The number of hydrogen-bond acceptors (Lipinski definition) is 2. The minimum absolute atomic E-state index is 0.171. The van der Waals surface area contributed by atoms with E-state index in [2.05, 4.69) is 17.4 Å². The summed E-state index contributed by atoms with van der Waals surface area (Å²) in [5.41, 5.74) is 1.21. The number of rotatable bonds is 5. The Morgan fingerprint density at radius 2 is 1.89 bits per heavy atom. The van der Waals surface area contributed by atoms with Crippen LogP contribution < -0.4 is 10.1 Å². The van der Waals surface area contributed by atoms with E-state index >= 15 is 0 Å². The van der Waals surface area contributed by atoms with Crippen LogP contribution in [0.4, 0.5) is 0 Å². The van der Waals surface area contributed by atoms with E-state index in [0.29, 0.717) is 11.6 Å². The van der Waals surface area contributed by atoms with Gasteiger partial charge < -0.3 is 10.1 Å². The van der Waals surface area contributed by atoms with Gasteiger partial charge in [-0.15, -0.1) is 0 Å². The van der Waals surface area contributed by atoms with Gasteiger partial charge in [0.1, 0.15) is 12.4 Å². The van der Waals surface area contributed by atoms with Crippen LogP contribution in [-0.2, 0) is 0 Å². The molecular formula is C15H16ClNO. The zero-order chi connectivity index (χ0) is 12.8. The summed E-state index contributed by atoms with van der Waals surface area (Å²) in [6, 6.07) is 17.8. The van der Waals surface area contributed by atoms with Gasteiger partial charge in [-0.3, -0.25) is 0 Å². The molecule has 0 saturated heterocycles. The molecule has 2 nitrogen and oxygen atoms in total. The molecule has 94 valence electrons. The van der Waals surface area contributed by atoms with E-state index in [0.717, 1.165) is 5.75 Å². The Kier molecular flexibility index (Phi) is 4.62. The molecule has 0 aliphatic carbocycles. The van der Waals surface area contributed by atoms with E-state index in [9.17, 15) is 0 Å². The lowest BCUT2D eigenvalue weighted by Crippen LogP contribution is -2.23. The topological polar surface area (TPSA) is 21.3 Å². The highest BCUT2D eigenvalue weighted by Gasteiger charge is 2.09. The first-order valence-corrected chi connectivity index (χ1v) is 6.28. The van der Waals surface area contributed by atoms with E-state index in [4.69, 9.17) is 16.3 Å². The Labute approximate surface area is 113 Å². The Balaban J connectivity index is 2.00. The average molecular weight is 262 g/mol. The number of hydrogen-bond donors (Lipinski definition) is 1. The lowest BCUT2D eigenvalue weighted by molar-refractivity contribution is 0.273. The molecule has 2 aromatic carbocycles. The van der Waals surface area contributed by atoms with Crippen molar-refractivity contribution in [3.05, 3.63) is 65.2 Å². The lowest BCUT2D eigenvalue weighted by Gasteiger charge is -2.17. The van der Waals surface area contributed by atoms with Crippen molar-refractivity contribution in [3.63, 3.8) is 0 Å². The predicted molar refractivity (Wildman–Crippen MR) is 75.2 cm³/mol. The van der Waals surface area contributed by atoms with Gasteiger partial charge in [0.2, 0.25) is 0 Å². The molecule has 1 N–H and O–H groups in total. The lowest BCUT2D eigenvalue weighted by atomic mass is 10.1. The number of halogens is 1. The highest BCUT2D eigenvalue weighted by Crippen LogP contribution is 2.19. The summed E-state index contributed by atoms with van der Waals surface area (Å²) >= 11 is 5.92. The standard InChI is InChI=1S/C15H16ClNO/c1-17-15(12-6-3-2-4-7-12)11-18-14-9-5-8-13(16)10-14/h2-10,15,17H,11H2,1H3. The van der Waals surface area contributed by atoms with E-state index in [1.54, 1.807) is 0 Å². The molecule has 18 heavy (non-hydrogen) atoms. The molecule has 0 saturated carbocycles. The molecule has 0 aliphatic rings. The number of ether oxygens (including phenoxy) is 1. The molecule has 0 amide bonds. The van der Waals surface area contributed by atoms with Crippen molar-refractivity contribution in [3.8, 4) is 5.75 Å². The van der Waals surface area contributed by atoms with Crippen molar-refractivity contribution in [1.29, 1.82) is 0 Å². The SMILES string of the molecule is CNC(COc1cccc(Cl)c1)c1ccccc1. The molecule has 0 heterocycles. The molecular weight excluding hydrogens is 246 g/mol. The van der Waals surface area contributed by atoms with Crippen LogP contribution in [0.25, 0.3) is 0 Å². The van der Waals surface area contributed by atoms with Crippen LogP contribution in [0, 0.1) is 0 Å².